The summed E-state index contributed by atoms with van der Waals surface area (Å²) in [5, 5.41) is 23.5. The average Bonchev–Trinajstić information content (AvgIpc) is 3.49. The Morgan fingerprint density at radius 3 is 0.928 bits per heavy atom. The molecule has 3 N–H and O–H groups in total. The number of hydrogen-bond acceptors (Lipinski definition) is 5. The van der Waals surface area contributed by atoms with E-state index < -0.39 is 12.1 Å². The molecule has 0 aliphatic heterocycles. The Morgan fingerprint density at radius 2 is 0.602 bits per heavy atom. The smallest absolute Gasteiger partial charge is 0.305 e. The molecule has 0 bridgehead atoms. The fourth-order valence-electron chi connectivity index (χ4n) is 11.9. The third-order valence-electron chi connectivity index (χ3n) is 17.7. The number of aliphatic hydroxyl groups is 2. The molecule has 0 aliphatic rings. The lowest BCUT2D eigenvalue weighted by Crippen LogP contribution is -2.45. The van der Waals surface area contributed by atoms with E-state index in [1.807, 2.05) is 0 Å². The number of carbonyl (C=O) groups excluding carboxylic acids is 2. The second-order valence-corrected chi connectivity index (χ2v) is 26.0. The number of esters is 1. The number of rotatable bonds is 71. The zero-order valence-electron chi connectivity index (χ0n) is 56.2. The number of carbonyl (C=O) groups is 2. The monoisotopic (exact) mass is 1170 g/mol. The molecular formula is C77H147NO5. The Morgan fingerprint density at radius 1 is 0.337 bits per heavy atom. The molecule has 2 unspecified atom stereocenters. The molecular weight excluding hydrogens is 1020 g/mol. The molecule has 0 fully saturated rings. The molecule has 2 atom stereocenters. The third kappa shape index (κ3) is 69.1. The van der Waals surface area contributed by atoms with Crippen LogP contribution in [0.15, 0.2) is 36.5 Å². The van der Waals surface area contributed by atoms with Crippen molar-refractivity contribution in [2.75, 3.05) is 13.2 Å². The molecule has 0 spiro atoms. The molecule has 0 rings (SSSR count). The van der Waals surface area contributed by atoms with Gasteiger partial charge in [-0.25, -0.2) is 0 Å². The second kappa shape index (κ2) is 72.6. The molecule has 0 aromatic heterocycles. The number of allylic oxidation sites excluding steroid dienone is 6. The summed E-state index contributed by atoms with van der Waals surface area (Å²) >= 11 is 0. The van der Waals surface area contributed by atoms with Crippen LogP contribution in [0.1, 0.15) is 418 Å². The summed E-state index contributed by atoms with van der Waals surface area (Å²) in [7, 11) is 0. The van der Waals surface area contributed by atoms with Crippen LogP contribution in [0.3, 0.4) is 0 Å². The summed E-state index contributed by atoms with van der Waals surface area (Å²) in [6.45, 7) is 4.98. The highest BCUT2D eigenvalue weighted by Crippen LogP contribution is 2.19. The van der Waals surface area contributed by atoms with Crippen molar-refractivity contribution in [2.45, 2.75) is 431 Å². The van der Waals surface area contributed by atoms with Crippen LogP contribution in [0.5, 0.6) is 0 Å². The van der Waals surface area contributed by atoms with Gasteiger partial charge in [-0.15, -0.1) is 0 Å². The summed E-state index contributed by atoms with van der Waals surface area (Å²) < 4.78 is 5.49. The lowest BCUT2D eigenvalue weighted by Gasteiger charge is -2.22. The summed E-state index contributed by atoms with van der Waals surface area (Å²) in [4.78, 5) is 24.6. The van der Waals surface area contributed by atoms with Crippen molar-refractivity contribution in [3.05, 3.63) is 36.5 Å². The predicted molar refractivity (Wildman–Crippen MR) is 366 cm³/mol. The number of nitrogens with one attached hydrogen (secondary N) is 1. The Balaban J connectivity index is 3.42. The highest BCUT2D eigenvalue weighted by molar-refractivity contribution is 5.76. The molecule has 0 aliphatic carbocycles. The van der Waals surface area contributed by atoms with Crippen LogP contribution in [-0.4, -0.2) is 47.4 Å². The quantitative estimate of drug-likeness (QED) is 0.0320. The van der Waals surface area contributed by atoms with E-state index >= 15 is 0 Å². The predicted octanol–water partition coefficient (Wildman–Crippen LogP) is 24.7. The van der Waals surface area contributed by atoms with E-state index in [-0.39, 0.29) is 18.5 Å². The van der Waals surface area contributed by atoms with Gasteiger partial charge in [0.25, 0.3) is 0 Å². The summed E-state index contributed by atoms with van der Waals surface area (Å²) in [6, 6.07) is -0.546. The minimum Gasteiger partial charge on any atom is -0.466 e. The molecule has 490 valence electrons. The van der Waals surface area contributed by atoms with Crippen molar-refractivity contribution < 1.29 is 24.5 Å². The van der Waals surface area contributed by atoms with Gasteiger partial charge in [0.15, 0.2) is 0 Å². The molecule has 83 heavy (non-hydrogen) atoms. The van der Waals surface area contributed by atoms with Crippen LogP contribution in [-0.2, 0) is 14.3 Å². The molecule has 6 nitrogen and oxygen atoms in total. The number of hydrogen-bond donors (Lipinski definition) is 3. The fourth-order valence-corrected chi connectivity index (χ4v) is 11.9. The van der Waals surface area contributed by atoms with E-state index in [1.54, 1.807) is 0 Å². The standard InChI is InChI=1S/C77H147NO5/c1-3-5-7-9-11-13-15-17-19-21-22-23-29-32-35-38-41-45-49-53-57-61-65-69-75(80)74(73-79)78-76(81)70-66-62-58-54-50-46-42-39-36-33-30-27-25-24-26-28-31-34-37-40-44-48-52-56-60-64-68-72-83-77(82)71-67-63-59-55-51-47-43-20-18-16-14-12-10-8-6-4-2/h20,24-25,28,31,43,74-75,79-80H,3-19,21-23,26-27,29-30,32-42,44-73H2,1-2H3,(H,78,81)/b25-24-,31-28-,43-20-. The van der Waals surface area contributed by atoms with E-state index in [9.17, 15) is 19.8 Å². The number of unbranched alkanes of at least 4 members (excludes halogenated alkanes) is 54. The number of aliphatic hydroxyl groups excluding tert-OH is 2. The van der Waals surface area contributed by atoms with Gasteiger partial charge in [0.1, 0.15) is 0 Å². The topological polar surface area (TPSA) is 95.9 Å². The average molecular weight is 1170 g/mol. The maximum atomic E-state index is 12.6. The van der Waals surface area contributed by atoms with Crippen molar-refractivity contribution in [1.29, 1.82) is 0 Å². The Bertz CT molecular complexity index is 1340. The molecule has 6 heteroatoms. The first-order valence-electron chi connectivity index (χ1n) is 37.7. The van der Waals surface area contributed by atoms with Gasteiger partial charge in [0.2, 0.25) is 5.91 Å². The van der Waals surface area contributed by atoms with E-state index in [0.717, 1.165) is 51.4 Å². The van der Waals surface area contributed by atoms with Gasteiger partial charge < -0.3 is 20.3 Å². The normalized spacial score (nSPS) is 12.7. The largest absolute Gasteiger partial charge is 0.466 e. The van der Waals surface area contributed by atoms with Gasteiger partial charge in [-0.2, -0.15) is 0 Å². The van der Waals surface area contributed by atoms with E-state index in [0.29, 0.717) is 25.9 Å². The molecule has 0 aromatic carbocycles. The summed E-state index contributed by atoms with van der Waals surface area (Å²) in [6.07, 6.45) is 93.5. The third-order valence-corrected chi connectivity index (χ3v) is 17.7. The van der Waals surface area contributed by atoms with Crippen LogP contribution in [0, 0.1) is 0 Å². The fraction of sp³-hybridized carbons (Fsp3) is 0.896. The molecule has 1 amide bonds. The number of ether oxygens (including phenoxy) is 1. The van der Waals surface area contributed by atoms with Gasteiger partial charge >= 0.3 is 5.97 Å². The van der Waals surface area contributed by atoms with Crippen molar-refractivity contribution >= 4 is 11.9 Å². The van der Waals surface area contributed by atoms with Gasteiger partial charge in [0.05, 0.1) is 25.4 Å². The Hall–Kier alpha value is -1.92. The molecule has 0 saturated heterocycles. The van der Waals surface area contributed by atoms with Gasteiger partial charge in [-0.1, -0.05) is 359 Å². The lowest BCUT2D eigenvalue weighted by atomic mass is 10.0. The van der Waals surface area contributed by atoms with E-state index in [2.05, 4.69) is 55.6 Å². The first kappa shape index (κ1) is 81.1. The lowest BCUT2D eigenvalue weighted by molar-refractivity contribution is -0.143. The van der Waals surface area contributed by atoms with Crippen LogP contribution < -0.4 is 5.32 Å². The molecule has 0 radical (unpaired) electrons. The van der Waals surface area contributed by atoms with Gasteiger partial charge in [0, 0.05) is 12.8 Å². The highest BCUT2D eigenvalue weighted by Gasteiger charge is 2.20. The molecule has 0 saturated carbocycles. The zero-order valence-corrected chi connectivity index (χ0v) is 56.2. The minimum atomic E-state index is -0.668. The van der Waals surface area contributed by atoms with Crippen LogP contribution >= 0.6 is 0 Å². The van der Waals surface area contributed by atoms with Crippen molar-refractivity contribution in [2.24, 2.45) is 0 Å². The zero-order chi connectivity index (χ0) is 59.9. The number of amides is 1. The first-order valence-corrected chi connectivity index (χ1v) is 37.7. The van der Waals surface area contributed by atoms with Gasteiger partial charge in [-0.3, -0.25) is 9.59 Å². The SMILES string of the molecule is CCCCCCCCC/C=C\CCCCCCCC(=O)OCCCCCCCCCCC/C=C\C/C=C\CCCCCCCCCCCCCC(=O)NC(CO)C(O)CCCCCCCCCCCCCCCCCCCCCCCCC. The minimum absolute atomic E-state index is 0.00402. The highest BCUT2D eigenvalue weighted by atomic mass is 16.5. The van der Waals surface area contributed by atoms with E-state index in [4.69, 9.17) is 4.74 Å². The summed E-state index contributed by atoms with van der Waals surface area (Å²) in [5.74, 6) is -0.0296. The second-order valence-electron chi connectivity index (χ2n) is 26.0. The molecule has 0 heterocycles. The van der Waals surface area contributed by atoms with Crippen LogP contribution in [0.4, 0.5) is 0 Å². The van der Waals surface area contributed by atoms with Crippen LogP contribution in [0.25, 0.3) is 0 Å². The Labute approximate surface area is 519 Å². The summed E-state index contributed by atoms with van der Waals surface area (Å²) in [5.41, 5.74) is 0. The van der Waals surface area contributed by atoms with Crippen molar-refractivity contribution in [1.82, 2.24) is 5.32 Å². The maximum absolute atomic E-state index is 12.6. The van der Waals surface area contributed by atoms with E-state index in [1.165, 1.54) is 334 Å². The van der Waals surface area contributed by atoms with Crippen LogP contribution in [0.2, 0.25) is 0 Å². The maximum Gasteiger partial charge on any atom is 0.305 e. The van der Waals surface area contributed by atoms with Crippen molar-refractivity contribution in [3.63, 3.8) is 0 Å². The van der Waals surface area contributed by atoms with Gasteiger partial charge in [-0.05, 0) is 83.5 Å². The first-order chi connectivity index (χ1) is 41.0. The molecule has 0 aromatic rings. The Kier molecular flexibility index (Phi) is 70.9. The van der Waals surface area contributed by atoms with Crippen molar-refractivity contribution in [3.8, 4) is 0 Å².